The van der Waals surface area contributed by atoms with Gasteiger partial charge < -0.3 is 14.2 Å². The van der Waals surface area contributed by atoms with E-state index in [9.17, 15) is 0 Å². The highest BCUT2D eigenvalue weighted by Crippen LogP contribution is 2.22. The Morgan fingerprint density at radius 3 is 2.73 bits per heavy atom. The monoisotopic (exact) mass is 280 g/mol. The summed E-state index contributed by atoms with van der Waals surface area (Å²) in [6, 6.07) is 0. The van der Waals surface area contributed by atoms with Crippen LogP contribution < -0.4 is 0 Å². The fraction of sp³-hybridized carbons (Fsp3) is 1.00. The lowest BCUT2D eigenvalue weighted by molar-refractivity contribution is -0.145. The molecular formula is C11H21BrO3. The lowest BCUT2D eigenvalue weighted by atomic mass is 10.3. The van der Waals surface area contributed by atoms with Crippen LogP contribution in [0.1, 0.15) is 33.1 Å². The maximum atomic E-state index is 5.62. The van der Waals surface area contributed by atoms with Crippen molar-refractivity contribution in [2.45, 2.75) is 45.0 Å². The van der Waals surface area contributed by atoms with Crippen molar-refractivity contribution in [3.8, 4) is 0 Å². The first-order valence-corrected chi connectivity index (χ1v) is 6.72. The largest absolute Gasteiger partial charge is 0.379 e. The van der Waals surface area contributed by atoms with E-state index in [1.54, 1.807) is 0 Å². The van der Waals surface area contributed by atoms with Gasteiger partial charge in [-0.15, -0.1) is 0 Å². The minimum atomic E-state index is -0.427. The second-order valence-corrected chi connectivity index (χ2v) is 5.07. The molecule has 0 aliphatic carbocycles. The summed E-state index contributed by atoms with van der Waals surface area (Å²) in [6.45, 7) is 5.99. The summed E-state index contributed by atoms with van der Waals surface area (Å²) in [5, 5.41) is 1.08. The quantitative estimate of drug-likeness (QED) is 0.530. The maximum absolute atomic E-state index is 5.62. The molecule has 1 aliphatic heterocycles. The summed E-state index contributed by atoms with van der Waals surface area (Å²) in [5.41, 5.74) is 0. The zero-order valence-corrected chi connectivity index (χ0v) is 11.2. The van der Waals surface area contributed by atoms with Crippen LogP contribution in [0, 0.1) is 0 Å². The molecule has 0 radical (unpaired) electrons. The van der Waals surface area contributed by atoms with Crippen molar-refractivity contribution < 1.29 is 14.2 Å². The van der Waals surface area contributed by atoms with Gasteiger partial charge in [0, 0.05) is 11.9 Å². The van der Waals surface area contributed by atoms with E-state index in [0.717, 1.165) is 18.4 Å². The Balaban J connectivity index is 1.93. The van der Waals surface area contributed by atoms with Crippen molar-refractivity contribution >= 4 is 15.9 Å². The average Bonchev–Trinajstić information content (AvgIpc) is 2.52. The molecule has 0 aromatic rings. The summed E-state index contributed by atoms with van der Waals surface area (Å²) in [5.74, 6) is -0.427. The predicted molar refractivity (Wildman–Crippen MR) is 63.4 cm³/mol. The molecule has 0 aromatic carbocycles. The number of ether oxygens (including phenoxy) is 3. The van der Waals surface area contributed by atoms with E-state index in [1.807, 2.05) is 13.8 Å². The van der Waals surface area contributed by atoms with Crippen LogP contribution >= 0.6 is 15.9 Å². The van der Waals surface area contributed by atoms with Crippen LogP contribution in [0.15, 0.2) is 0 Å². The highest BCUT2D eigenvalue weighted by Gasteiger charge is 2.32. The molecule has 1 atom stereocenters. The molecule has 0 saturated carbocycles. The molecule has 0 spiro atoms. The third-order valence-electron chi connectivity index (χ3n) is 2.29. The molecule has 1 fully saturated rings. The third-order valence-corrected chi connectivity index (χ3v) is 2.85. The Bertz CT molecular complexity index is 173. The number of rotatable bonds is 7. The number of hydrogen-bond acceptors (Lipinski definition) is 3. The van der Waals surface area contributed by atoms with Gasteiger partial charge in [0.15, 0.2) is 5.79 Å². The third kappa shape index (κ3) is 5.85. The summed E-state index contributed by atoms with van der Waals surface area (Å²) >= 11 is 3.41. The summed E-state index contributed by atoms with van der Waals surface area (Å²) in [7, 11) is 0. The number of halogens is 1. The smallest absolute Gasteiger partial charge is 0.163 e. The van der Waals surface area contributed by atoms with Crippen molar-refractivity contribution in [3.05, 3.63) is 0 Å². The van der Waals surface area contributed by atoms with Gasteiger partial charge in [-0.05, 0) is 26.7 Å². The molecule has 15 heavy (non-hydrogen) atoms. The topological polar surface area (TPSA) is 27.7 Å². The van der Waals surface area contributed by atoms with E-state index in [-0.39, 0.29) is 6.10 Å². The first-order chi connectivity index (χ1) is 7.14. The lowest BCUT2D eigenvalue weighted by Gasteiger charge is -2.17. The Kier molecular flexibility index (Phi) is 6.12. The van der Waals surface area contributed by atoms with E-state index in [1.165, 1.54) is 12.8 Å². The van der Waals surface area contributed by atoms with Crippen molar-refractivity contribution in [1.82, 2.24) is 0 Å². The van der Waals surface area contributed by atoms with E-state index in [2.05, 4.69) is 15.9 Å². The van der Waals surface area contributed by atoms with Crippen LogP contribution in [0.5, 0.6) is 0 Å². The van der Waals surface area contributed by atoms with Gasteiger partial charge in [-0.2, -0.15) is 0 Å². The Morgan fingerprint density at radius 1 is 1.33 bits per heavy atom. The second-order valence-electron chi connectivity index (χ2n) is 4.28. The Morgan fingerprint density at radius 2 is 2.13 bits per heavy atom. The SMILES string of the molecule is CC1(C)OCC(COCCCCCBr)O1. The zero-order valence-electron chi connectivity index (χ0n) is 9.63. The Labute approximate surface area is 101 Å². The minimum Gasteiger partial charge on any atom is -0.379 e. The highest BCUT2D eigenvalue weighted by molar-refractivity contribution is 9.09. The Hall–Kier alpha value is 0.360. The van der Waals surface area contributed by atoms with Crippen molar-refractivity contribution in [1.29, 1.82) is 0 Å². The fourth-order valence-corrected chi connectivity index (χ4v) is 1.93. The van der Waals surface area contributed by atoms with Crippen molar-refractivity contribution in [2.24, 2.45) is 0 Å². The van der Waals surface area contributed by atoms with Gasteiger partial charge in [0.25, 0.3) is 0 Å². The summed E-state index contributed by atoms with van der Waals surface area (Å²) < 4.78 is 16.6. The van der Waals surface area contributed by atoms with E-state index < -0.39 is 5.79 Å². The molecule has 0 aromatic heterocycles. The molecule has 3 nitrogen and oxygen atoms in total. The standard InChI is InChI=1S/C11H21BrO3/c1-11(2)14-9-10(15-11)8-13-7-5-3-4-6-12/h10H,3-9H2,1-2H3. The number of unbranched alkanes of at least 4 members (excludes halogenated alkanes) is 2. The van der Waals surface area contributed by atoms with Crippen LogP contribution in [-0.2, 0) is 14.2 Å². The van der Waals surface area contributed by atoms with E-state index in [4.69, 9.17) is 14.2 Å². The molecule has 0 bridgehead atoms. The van der Waals surface area contributed by atoms with Crippen LogP contribution in [0.3, 0.4) is 0 Å². The van der Waals surface area contributed by atoms with E-state index in [0.29, 0.717) is 13.2 Å². The maximum Gasteiger partial charge on any atom is 0.163 e. The molecule has 1 heterocycles. The van der Waals surface area contributed by atoms with Gasteiger partial charge in [0.2, 0.25) is 0 Å². The molecule has 1 rings (SSSR count). The van der Waals surface area contributed by atoms with Gasteiger partial charge in [0.1, 0.15) is 6.10 Å². The summed E-state index contributed by atoms with van der Waals surface area (Å²) in [4.78, 5) is 0. The molecule has 1 aliphatic rings. The highest BCUT2D eigenvalue weighted by atomic mass is 79.9. The zero-order chi connectivity index (χ0) is 11.1. The van der Waals surface area contributed by atoms with Crippen LogP contribution in [0.2, 0.25) is 0 Å². The lowest BCUT2D eigenvalue weighted by Crippen LogP contribution is -2.24. The van der Waals surface area contributed by atoms with Crippen LogP contribution in [-0.4, -0.2) is 37.0 Å². The molecule has 1 saturated heterocycles. The van der Waals surface area contributed by atoms with Gasteiger partial charge in [0.05, 0.1) is 13.2 Å². The first-order valence-electron chi connectivity index (χ1n) is 5.59. The van der Waals surface area contributed by atoms with Gasteiger partial charge >= 0.3 is 0 Å². The van der Waals surface area contributed by atoms with Crippen LogP contribution in [0.25, 0.3) is 0 Å². The van der Waals surface area contributed by atoms with Crippen molar-refractivity contribution in [2.75, 3.05) is 25.2 Å². The van der Waals surface area contributed by atoms with E-state index >= 15 is 0 Å². The molecule has 1 unspecified atom stereocenters. The second kappa shape index (κ2) is 6.84. The minimum absolute atomic E-state index is 0.108. The van der Waals surface area contributed by atoms with Gasteiger partial charge in [-0.25, -0.2) is 0 Å². The molecule has 90 valence electrons. The van der Waals surface area contributed by atoms with Crippen LogP contribution in [0.4, 0.5) is 0 Å². The average molecular weight is 281 g/mol. The summed E-state index contributed by atoms with van der Waals surface area (Å²) in [6.07, 6.45) is 3.68. The number of alkyl halides is 1. The fourth-order valence-electron chi connectivity index (χ4n) is 1.54. The van der Waals surface area contributed by atoms with Gasteiger partial charge in [-0.3, -0.25) is 0 Å². The van der Waals surface area contributed by atoms with Crippen molar-refractivity contribution in [3.63, 3.8) is 0 Å². The van der Waals surface area contributed by atoms with Gasteiger partial charge in [-0.1, -0.05) is 22.4 Å². The predicted octanol–water partition coefficient (Wildman–Crippen LogP) is 2.72. The molecule has 0 N–H and O–H groups in total. The molecular weight excluding hydrogens is 260 g/mol. The first kappa shape index (κ1) is 13.4. The number of hydrogen-bond donors (Lipinski definition) is 0. The molecule has 4 heteroatoms. The normalized spacial score (nSPS) is 24.6. The molecule has 0 amide bonds.